The zero-order chi connectivity index (χ0) is 13.0. The molecule has 100 valence electrons. The van der Waals surface area contributed by atoms with Crippen LogP contribution < -0.4 is 10.5 Å². The minimum Gasteiger partial charge on any atom is -0.491 e. The lowest BCUT2D eigenvalue weighted by molar-refractivity contribution is -0.00981. The molecule has 0 aliphatic carbocycles. The monoisotopic (exact) mass is 250 g/mol. The number of rotatable bonds is 5. The SMILES string of the molecule is CCCN1CC(COc2ccccc2C)OC1N. The third kappa shape index (κ3) is 3.22. The summed E-state index contributed by atoms with van der Waals surface area (Å²) in [6.45, 7) is 6.56. The second-order valence-electron chi connectivity index (χ2n) is 4.72. The van der Waals surface area contributed by atoms with E-state index in [9.17, 15) is 0 Å². The molecule has 18 heavy (non-hydrogen) atoms. The molecular weight excluding hydrogens is 228 g/mol. The Morgan fingerprint density at radius 2 is 2.22 bits per heavy atom. The van der Waals surface area contributed by atoms with Gasteiger partial charge in [-0.25, -0.2) is 0 Å². The van der Waals surface area contributed by atoms with Gasteiger partial charge in [0.2, 0.25) is 0 Å². The summed E-state index contributed by atoms with van der Waals surface area (Å²) in [5.74, 6) is 0.920. The maximum atomic E-state index is 5.90. The van der Waals surface area contributed by atoms with E-state index >= 15 is 0 Å². The number of ether oxygens (including phenoxy) is 2. The molecule has 0 amide bonds. The summed E-state index contributed by atoms with van der Waals surface area (Å²) in [4.78, 5) is 2.14. The van der Waals surface area contributed by atoms with Gasteiger partial charge in [-0.2, -0.15) is 0 Å². The van der Waals surface area contributed by atoms with Gasteiger partial charge >= 0.3 is 0 Å². The molecule has 4 heteroatoms. The van der Waals surface area contributed by atoms with Crippen molar-refractivity contribution in [3.05, 3.63) is 29.8 Å². The topological polar surface area (TPSA) is 47.7 Å². The fourth-order valence-electron chi connectivity index (χ4n) is 2.19. The molecule has 1 fully saturated rings. The van der Waals surface area contributed by atoms with Crippen LogP contribution in [0.4, 0.5) is 0 Å². The zero-order valence-corrected chi connectivity index (χ0v) is 11.1. The van der Waals surface area contributed by atoms with Gasteiger partial charge in [0.1, 0.15) is 18.5 Å². The summed E-state index contributed by atoms with van der Waals surface area (Å²) in [5.41, 5.74) is 7.05. The van der Waals surface area contributed by atoms with Crippen molar-refractivity contribution in [2.24, 2.45) is 5.73 Å². The van der Waals surface area contributed by atoms with E-state index in [1.165, 1.54) is 0 Å². The van der Waals surface area contributed by atoms with Crippen molar-refractivity contribution in [2.45, 2.75) is 32.7 Å². The fourth-order valence-corrected chi connectivity index (χ4v) is 2.19. The predicted octanol–water partition coefficient (Wildman–Crippen LogP) is 1.73. The number of nitrogens with two attached hydrogens (primary N) is 1. The second-order valence-corrected chi connectivity index (χ2v) is 4.72. The highest BCUT2D eigenvalue weighted by Gasteiger charge is 2.29. The maximum Gasteiger partial charge on any atom is 0.164 e. The Bertz CT molecular complexity index is 384. The summed E-state index contributed by atoms with van der Waals surface area (Å²) >= 11 is 0. The molecule has 0 radical (unpaired) electrons. The van der Waals surface area contributed by atoms with E-state index < -0.39 is 0 Å². The first-order valence-electron chi connectivity index (χ1n) is 6.54. The molecule has 2 atom stereocenters. The Morgan fingerprint density at radius 1 is 1.44 bits per heavy atom. The molecule has 0 spiro atoms. The van der Waals surface area contributed by atoms with Gasteiger partial charge in [-0.3, -0.25) is 10.6 Å². The van der Waals surface area contributed by atoms with Crippen LogP contribution in [0.5, 0.6) is 5.75 Å². The van der Waals surface area contributed by atoms with Crippen LogP contribution in [0, 0.1) is 6.92 Å². The number of aryl methyl sites for hydroxylation is 1. The number of benzene rings is 1. The van der Waals surface area contributed by atoms with Crippen LogP contribution in [0.1, 0.15) is 18.9 Å². The third-order valence-electron chi connectivity index (χ3n) is 3.16. The molecule has 1 saturated heterocycles. The molecule has 1 aliphatic heterocycles. The first-order chi connectivity index (χ1) is 8.70. The highest BCUT2D eigenvalue weighted by Crippen LogP contribution is 2.19. The largest absolute Gasteiger partial charge is 0.491 e. The standard InChI is InChI=1S/C14H22N2O2/c1-3-8-16-9-12(18-14(16)15)10-17-13-7-5-4-6-11(13)2/h4-7,12,14H,3,8-10,15H2,1-2H3. The van der Waals surface area contributed by atoms with Gasteiger partial charge in [0, 0.05) is 13.1 Å². The van der Waals surface area contributed by atoms with E-state index in [1.807, 2.05) is 31.2 Å². The highest BCUT2D eigenvalue weighted by atomic mass is 16.6. The van der Waals surface area contributed by atoms with Crippen molar-refractivity contribution in [3.63, 3.8) is 0 Å². The molecule has 1 aromatic rings. The lowest BCUT2D eigenvalue weighted by atomic mass is 10.2. The van der Waals surface area contributed by atoms with Gasteiger partial charge in [-0.15, -0.1) is 0 Å². The Morgan fingerprint density at radius 3 is 2.94 bits per heavy atom. The maximum absolute atomic E-state index is 5.90. The molecule has 0 bridgehead atoms. The van der Waals surface area contributed by atoms with Crippen LogP contribution in [0.15, 0.2) is 24.3 Å². The van der Waals surface area contributed by atoms with Gasteiger partial charge in [0.05, 0.1) is 0 Å². The van der Waals surface area contributed by atoms with Crippen molar-refractivity contribution in [3.8, 4) is 5.75 Å². The molecular formula is C14H22N2O2. The van der Waals surface area contributed by atoms with E-state index in [4.69, 9.17) is 15.2 Å². The Labute approximate surface area is 109 Å². The van der Waals surface area contributed by atoms with Gasteiger partial charge in [-0.05, 0) is 25.0 Å². The van der Waals surface area contributed by atoms with Gasteiger partial charge in [0.25, 0.3) is 0 Å². The molecule has 2 unspecified atom stereocenters. The molecule has 2 N–H and O–H groups in total. The Kier molecular flexibility index (Phi) is 4.58. The second kappa shape index (κ2) is 6.18. The van der Waals surface area contributed by atoms with Crippen LogP contribution in [0.3, 0.4) is 0 Å². The van der Waals surface area contributed by atoms with Crippen LogP contribution in [-0.2, 0) is 4.74 Å². The predicted molar refractivity (Wildman–Crippen MR) is 71.4 cm³/mol. The number of nitrogens with zero attached hydrogens (tertiary/aromatic N) is 1. The lowest BCUT2D eigenvalue weighted by Gasteiger charge is -2.16. The van der Waals surface area contributed by atoms with Gasteiger partial charge in [-0.1, -0.05) is 25.1 Å². The number of hydrogen-bond acceptors (Lipinski definition) is 4. The van der Waals surface area contributed by atoms with E-state index in [0.29, 0.717) is 6.61 Å². The Hall–Kier alpha value is -1.10. The molecule has 2 rings (SSSR count). The van der Waals surface area contributed by atoms with Crippen LogP contribution in [0.2, 0.25) is 0 Å². The average Bonchev–Trinajstić information content (AvgIpc) is 2.70. The van der Waals surface area contributed by atoms with E-state index in [1.54, 1.807) is 0 Å². The van der Waals surface area contributed by atoms with Crippen molar-refractivity contribution >= 4 is 0 Å². The van der Waals surface area contributed by atoms with E-state index in [-0.39, 0.29) is 12.5 Å². The van der Waals surface area contributed by atoms with E-state index in [2.05, 4.69) is 11.8 Å². The third-order valence-corrected chi connectivity index (χ3v) is 3.16. The minimum atomic E-state index is -0.282. The molecule has 1 aromatic carbocycles. The number of hydrogen-bond donors (Lipinski definition) is 1. The van der Waals surface area contributed by atoms with Crippen molar-refractivity contribution < 1.29 is 9.47 Å². The zero-order valence-electron chi connectivity index (χ0n) is 11.1. The van der Waals surface area contributed by atoms with Crippen molar-refractivity contribution in [2.75, 3.05) is 19.7 Å². The molecule has 4 nitrogen and oxygen atoms in total. The highest BCUT2D eigenvalue weighted by molar-refractivity contribution is 5.31. The van der Waals surface area contributed by atoms with Gasteiger partial charge in [0.15, 0.2) is 6.35 Å². The van der Waals surface area contributed by atoms with Crippen LogP contribution in [-0.4, -0.2) is 37.1 Å². The normalized spacial score (nSPS) is 24.4. The molecule has 1 heterocycles. The van der Waals surface area contributed by atoms with Crippen molar-refractivity contribution in [1.82, 2.24) is 4.90 Å². The van der Waals surface area contributed by atoms with Gasteiger partial charge < -0.3 is 9.47 Å². The molecule has 0 aromatic heterocycles. The minimum absolute atomic E-state index is 0.0613. The summed E-state index contributed by atoms with van der Waals surface area (Å²) in [7, 11) is 0. The Balaban J connectivity index is 1.83. The van der Waals surface area contributed by atoms with Crippen LogP contribution in [0.25, 0.3) is 0 Å². The smallest absolute Gasteiger partial charge is 0.164 e. The van der Waals surface area contributed by atoms with Crippen LogP contribution >= 0.6 is 0 Å². The first-order valence-corrected chi connectivity index (χ1v) is 6.54. The summed E-state index contributed by atoms with van der Waals surface area (Å²) in [5, 5.41) is 0. The summed E-state index contributed by atoms with van der Waals surface area (Å²) in [6.07, 6.45) is 0.865. The average molecular weight is 250 g/mol. The first kappa shape index (κ1) is 13.3. The lowest BCUT2D eigenvalue weighted by Crippen LogP contribution is -2.37. The van der Waals surface area contributed by atoms with Crippen molar-refractivity contribution in [1.29, 1.82) is 0 Å². The summed E-state index contributed by atoms with van der Waals surface area (Å²) < 4.78 is 11.5. The summed E-state index contributed by atoms with van der Waals surface area (Å²) in [6, 6.07) is 8.01. The molecule has 1 aliphatic rings. The van der Waals surface area contributed by atoms with E-state index in [0.717, 1.165) is 30.8 Å². The quantitative estimate of drug-likeness (QED) is 0.864. The fraction of sp³-hybridized carbons (Fsp3) is 0.571. The number of para-hydroxylation sites is 1. The molecule has 0 saturated carbocycles.